The minimum atomic E-state index is -0.902. The molecule has 1 fully saturated rings. The van der Waals surface area contributed by atoms with E-state index in [2.05, 4.69) is 22.3 Å². The van der Waals surface area contributed by atoms with E-state index in [0.29, 0.717) is 11.6 Å². The summed E-state index contributed by atoms with van der Waals surface area (Å²) >= 11 is 0. The summed E-state index contributed by atoms with van der Waals surface area (Å²) in [6.45, 7) is 3.74. The zero-order valence-electron chi connectivity index (χ0n) is 18.4. The Balaban J connectivity index is 1.52. The summed E-state index contributed by atoms with van der Waals surface area (Å²) < 4.78 is 7.16. The Morgan fingerprint density at radius 1 is 1.12 bits per heavy atom. The van der Waals surface area contributed by atoms with Crippen molar-refractivity contribution in [3.63, 3.8) is 0 Å². The van der Waals surface area contributed by atoms with Gasteiger partial charge in [-0.2, -0.15) is 5.10 Å². The van der Waals surface area contributed by atoms with Crippen molar-refractivity contribution in [2.45, 2.75) is 51.7 Å². The molecule has 2 heterocycles. The number of para-hydroxylation sites is 1. The molecule has 1 aliphatic carbocycles. The van der Waals surface area contributed by atoms with Crippen LogP contribution in [0.4, 0.5) is 0 Å². The molecular weight excluding hydrogens is 404 g/mol. The van der Waals surface area contributed by atoms with Gasteiger partial charge in [0.05, 0.1) is 11.4 Å². The van der Waals surface area contributed by atoms with Crippen molar-refractivity contribution in [1.29, 1.82) is 0 Å². The predicted molar refractivity (Wildman–Crippen MR) is 121 cm³/mol. The third-order valence-corrected chi connectivity index (χ3v) is 5.97. The van der Waals surface area contributed by atoms with E-state index in [1.165, 1.54) is 6.42 Å². The van der Waals surface area contributed by atoms with Crippen molar-refractivity contribution in [3.8, 4) is 16.9 Å². The number of esters is 1. The second-order valence-electron chi connectivity index (χ2n) is 8.33. The van der Waals surface area contributed by atoms with E-state index >= 15 is 0 Å². The Hall–Kier alpha value is -3.48. The van der Waals surface area contributed by atoms with Gasteiger partial charge < -0.3 is 10.1 Å². The molecule has 2 aromatic heterocycles. The number of benzene rings is 1. The lowest BCUT2D eigenvalue weighted by molar-refractivity contribution is -0.130. The van der Waals surface area contributed by atoms with Crippen molar-refractivity contribution in [2.75, 3.05) is 0 Å². The molecule has 1 N–H and O–H groups in total. The van der Waals surface area contributed by atoms with E-state index in [-0.39, 0.29) is 17.6 Å². The maximum absolute atomic E-state index is 12.9. The fourth-order valence-electron chi connectivity index (χ4n) is 4.07. The van der Waals surface area contributed by atoms with Crippen LogP contribution in [0.15, 0.2) is 60.9 Å². The van der Waals surface area contributed by atoms with Gasteiger partial charge in [-0.05, 0) is 56.0 Å². The van der Waals surface area contributed by atoms with Gasteiger partial charge in [0, 0.05) is 24.0 Å². The maximum atomic E-state index is 12.9. The summed E-state index contributed by atoms with van der Waals surface area (Å²) in [5.41, 5.74) is 2.48. The van der Waals surface area contributed by atoms with Crippen LogP contribution in [0.3, 0.4) is 0 Å². The molecule has 3 atom stereocenters. The van der Waals surface area contributed by atoms with Gasteiger partial charge in [0.1, 0.15) is 0 Å². The molecule has 166 valence electrons. The molecule has 1 saturated carbocycles. The van der Waals surface area contributed by atoms with Crippen LogP contribution in [0, 0.1) is 5.92 Å². The Kier molecular flexibility index (Phi) is 6.63. The zero-order valence-corrected chi connectivity index (χ0v) is 18.4. The number of aromatic nitrogens is 3. The molecule has 1 aromatic carbocycles. The van der Waals surface area contributed by atoms with Gasteiger partial charge in [-0.1, -0.05) is 38.0 Å². The first-order chi connectivity index (χ1) is 15.5. The second kappa shape index (κ2) is 9.77. The van der Waals surface area contributed by atoms with Crippen LogP contribution in [-0.2, 0) is 9.53 Å². The molecule has 4 rings (SSSR count). The molecule has 3 aromatic rings. The van der Waals surface area contributed by atoms with E-state index in [0.717, 1.165) is 30.5 Å². The Morgan fingerprint density at radius 3 is 2.62 bits per heavy atom. The van der Waals surface area contributed by atoms with Crippen LogP contribution < -0.4 is 5.32 Å². The van der Waals surface area contributed by atoms with Crippen LogP contribution in [0.2, 0.25) is 0 Å². The van der Waals surface area contributed by atoms with Gasteiger partial charge in [0.25, 0.3) is 5.91 Å². The predicted octanol–water partition coefficient (Wildman–Crippen LogP) is 4.17. The second-order valence-corrected chi connectivity index (χ2v) is 8.33. The molecule has 32 heavy (non-hydrogen) atoms. The summed E-state index contributed by atoms with van der Waals surface area (Å²) in [6, 6.07) is 15.1. The van der Waals surface area contributed by atoms with E-state index in [1.54, 1.807) is 30.1 Å². The fourth-order valence-corrected chi connectivity index (χ4v) is 4.07. The number of hydrogen-bond donors (Lipinski definition) is 1. The first-order valence-electron chi connectivity index (χ1n) is 11.1. The van der Waals surface area contributed by atoms with E-state index in [1.807, 2.05) is 42.5 Å². The summed E-state index contributed by atoms with van der Waals surface area (Å²) in [7, 11) is 0. The fraction of sp³-hybridized carbons (Fsp3) is 0.360. The Bertz CT molecular complexity index is 1010. The average molecular weight is 433 g/mol. The molecule has 0 radical (unpaired) electrons. The quantitative estimate of drug-likeness (QED) is 0.591. The number of pyridine rings is 1. The van der Waals surface area contributed by atoms with Gasteiger partial charge in [0.2, 0.25) is 0 Å². The number of ether oxygens (including phenoxy) is 1. The smallest absolute Gasteiger partial charge is 0.359 e. The molecule has 1 aliphatic rings. The number of amides is 1. The Labute approximate surface area is 187 Å². The number of hydrogen-bond acceptors (Lipinski definition) is 5. The van der Waals surface area contributed by atoms with Crippen LogP contribution in [0.5, 0.6) is 0 Å². The minimum absolute atomic E-state index is 0.131. The van der Waals surface area contributed by atoms with Gasteiger partial charge in [-0.25, -0.2) is 9.48 Å². The molecule has 0 saturated heterocycles. The highest BCUT2D eigenvalue weighted by atomic mass is 16.5. The summed E-state index contributed by atoms with van der Waals surface area (Å²) in [5, 5.41) is 7.52. The summed E-state index contributed by atoms with van der Waals surface area (Å²) in [5.74, 6) is -0.476. The molecule has 7 heteroatoms. The third kappa shape index (κ3) is 4.88. The molecular formula is C25H28N4O3. The highest BCUT2D eigenvalue weighted by Gasteiger charge is 2.27. The van der Waals surface area contributed by atoms with Gasteiger partial charge in [-0.15, -0.1) is 0 Å². The summed E-state index contributed by atoms with van der Waals surface area (Å²) in [6.07, 6.45) is 6.87. The van der Waals surface area contributed by atoms with Gasteiger partial charge in [-0.3, -0.25) is 9.78 Å². The lowest BCUT2D eigenvalue weighted by Gasteiger charge is -2.30. The molecule has 0 bridgehead atoms. The van der Waals surface area contributed by atoms with Crippen LogP contribution in [0.1, 0.15) is 50.0 Å². The SMILES string of the molecule is CC(OC(=O)c1cc(-c2cccnc2)n(-c2ccccc2)n1)C(=O)NC1CCCCC1C. The van der Waals surface area contributed by atoms with Crippen LogP contribution in [0.25, 0.3) is 16.9 Å². The topological polar surface area (TPSA) is 86.1 Å². The Morgan fingerprint density at radius 2 is 1.91 bits per heavy atom. The lowest BCUT2D eigenvalue weighted by Crippen LogP contribution is -2.46. The normalized spacial score (nSPS) is 19.2. The van der Waals surface area contributed by atoms with Crippen molar-refractivity contribution < 1.29 is 14.3 Å². The monoisotopic (exact) mass is 432 g/mol. The number of carbonyl (C=O) groups is 2. The summed E-state index contributed by atoms with van der Waals surface area (Å²) in [4.78, 5) is 29.6. The lowest BCUT2D eigenvalue weighted by atomic mass is 9.86. The molecule has 0 spiro atoms. The first-order valence-corrected chi connectivity index (χ1v) is 11.1. The van der Waals surface area contributed by atoms with Crippen molar-refractivity contribution in [3.05, 3.63) is 66.6 Å². The highest BCUT2D eigenvalue weighted by molar-refractivity contribution is 5.92. The molecule has 1 amide bonds. The largest absolute Gasteiger partial charge is 0.448 e. The zero-order chi connectivity index (χ0) is 22.5. The van der Waals surface area contributed by atoms with Gasteiger partial charge in [0.15, 0.2) is 11.8 Å². The van der Waals surface area contributed by atoms with Crippen LogP contribution in [-0.4, -0.2) is 38.8 Å². The molecule has 3 unspecified atom stereocenters. The number of nitrogens with one attached hydrogen (secondary N) is 1. The molecule has 7 nitrogen and oxygen atoms in total. The standard InChI is InChI=1S/C25H28N4O3/c1-17-9-6-7-13-21(17)27-24(30)18(2)32-25(31)22-15-23(19-10-8-14-26-16-19)29(28-22)20-11-4-3-5-12-20/h3-5,8,10-12,14-18,21H,6-7,9,13H2,1-2H3,(H,27,30). The first kappa shape index (κ1) is 21.7. The highest BCUT2D eigenvalue weighted by Crippen LogP contribution is 2.25. The number of carbonyl (C=O) groups excluding carboxylic acids is 2. The van der Waals surface area contributed by atoms with Crippen molar-refractivity contribution in [2.24, 2.45) is 5.92 Å². The van der Waals surface area contributed by atoms with E-state index in [9.17, 15) is 9.59 Å². The van der Waals surface area contributed by atoms with Crippen LogP contribution >= 0.6 is 0 Å². The van der Waals surface area contributed by atoms with Crippen molar-refractivity contribution >= 4 is 11.9 Å². The maximum Gasteiger partial charge on any atom is 0.359 e. The van der Waals surface area contributed by atoms with E-state index in [4.69, 9.17) is 4.74 Å². The number of rotatable bonds is 6. The van der Waals surface area contributed by atoms with Crippen molar-refractivity contribution in [1.82, 2.24) is 20.1 Å². The minimum Gasteiger partial charge on any atom is -0.448 e. The number of nitrogens with zero attached hydrogens (tertiary/aromatic N) is 3. The van der Waals surface area contributed by atoms with E-state index < -0.39 is 12.1 Å². The average Bonchev–Trinajstić information content (AvgIpc) is 3.27. The van der Waals surface area contributed by atoms with Gasteiger partial charge >= 0.3 is 5.97 Å². The third-order valence-electron chi connectivity index (χ3n) is 5.97. The molecule has 0 aliphatic heterocycles.